The minimum atomic E-state index is 0.630. The van der Waals surface area contributed by atoms with Crippen LogP contribution in [-0.4, -0.2) is 15.0 Å². The lowest BCUT2D eigenvalue weighted by Crippen LogP contribution is -1.86. The molecule has 0 bridgehead atoms. The molecular formula is C17H14N4. The minimum absolute atomic E-state index is 0.630. The van der Waals surface area contributed by atoms with Crippen molar-refractivity contribution < 1.29 is 0 Å². The summed E-state index contributed by atoms with van der Waals surface area (Å²) in [5.74, 6) is 0.780. The summed E-state index contributed by atoms with van der Waals surface area (Å²) in [4.78, 5) is 12.2. The average molecular weight is 274 g/mol. The van der Waals surface area contributed by atoms with Gasteiger partial charge in [-0.1, -0.05) is 19.1 Å². The van der Waals surface area contributed by atoms with Crippen molar-refractivity contribution in [3.8, 4) is 28.7 Å². The lowest BCUT2D eigenvalue weighted by atomic mass is 10.1. The third kappa shape index (κ3) is 2.54. The number of imidazole rings is 1. The highest BCUT2D eigenvalue weighted by atomic mass is 14.9. The Morgan fingerprint density at radius 1 is 1.19 bits per heavy atom. The molecule has 0 aliphatic rings. The molecule has 0 spiro atoms. The molecule has 1 N–H and O–H groups in total. The van der Waals surface area contributed by atoms with Gasteiger partial charge < -0.3 is 4.98 Å². The number of hydrogen-bond acceptors (Lipinski definition) is 3. The number of aryl methyl sites for hydroxylation is 1. The zero-order valence-corrected chi connectivity index (χ0v) is 11.7. The first-order valence-corrected chi connectivity index (χ1v) is 6.81. The number of nitriles is 1. The van der Waals surface area contributed by atoms with Gasteiger partial charge in [0.2, 0.25) is 0 Å². The maximum atomic E-state index is 9.00. The standard InChI is InChI=1S/C17H14N4/c1-2-15-16(14-7-4-8-19-11-14)21-17(20-15)13-6-3-5-12(9-13)10-18/h3-9,11H,2H2,1H3,(H,20,21). The molecule has 0 atom stereocenters. The molecule has 3 rings (SSSR count). The van der Waals surface area contributed by atoms with Crippen LogP contribution in [0.25, 0.3) is 22.6 Å². The van der Waals surface area contributed by atoms with Gasteiger partial charge in [-0.15, -0.1) is 0 Å². The van der Waals surface area contributed by atoms with Gasteiger partial charge in [-0.2, -0.15) is 5.26 Å². The number of hydrogen-bond donors (Lipinski definition) is 1. The number of benzene rings is 1. The van der Waals surface area contributed by atoms with Gasteiger partial charge in [0.25, 0.3) is 0 Å². The van der Waals surface area contributed by atoms with Crippen LogP contribution in [0.1, 0.15) is 18.2 Å². The molecule has 0 fully saturated rings. The fraction of sp³-hybridized carbons (Fsp3) is 0.118. The molecule has 0 radical (unpaired) electrons. The summed E-state index contributed by atoms with van der Waals surface area (Å²) in [6.07, 6.45) is 4.41. The molecule has 0 amide bonds. The van der Waals surface area contributed by atoms with Crippen molar-refractivity contribution in [2.45, 2.75) is 13.3 Å². The zero-order valence-electron chi connectivity index (χ0n) is 11.7. The predicted octanol–water partition coefficient (Wildman–Crippen LogP) is 3.57. The Labute approximate surface area is 123 Å². The van der Waals surface area contributed by atoms with E-state index >= 15 is 0 Å². The lowest BCUT2D eigenvalue weighted by Gasteiger charge is -1.99. The Hall–Kier alpha value is -2.93. The predicted molar refractivity (Wildman–Crippen MR) is 81.3 cm³/mol. The van der Waals surface area contributed by atoms with Gasteiger partial charge in [0.1, 0.15) is 5.82 Å². The Balaban J connectivity index is 2.10. The van der Waals surface area contributed by atoms with Gasteiger partial charge in [-0.05, 0) is 30.7 Å². The highest BCUT2D eigenvalue weighted by molar-refractivity contribution is 5.67. The van der Waals surface area contributed by atoms with E-state index in [4.69, 9.17) is 5.26 Å². The SMILES string of the molecule is CCc1nc(-c2cccc(C#N)c2)[nH]c1-c1cccnc1. The van der Waals surface area contributed by atoms with Crippen molar-refractivity contribution in [1.29, 1.82) is 5.26 Å². The van der Waals surface area contributed by atoms with Gasteiger partial charge in [0.15, 0.2) is 0 Å². The van der Waals surface area contributed by atoms with Gasteiger partial charge in [0, 0.05) is 23.5 Å². The van der Waals surface area contributed by atoms with Crippen LogP contribution in [0.4, 0.5) is 0 Å². The van der Waals surface area contributed by atoms with Gasteiger partial charge in [0.05, 0.1) is 23.0 Å². The van der Waals surface area contributed by atoms with Crippen LogP contribution in [0.3, 0.4) is 0 Å². The smallest absolute Gasteiger partial charge is 0.138 e. The van der Waals surface area contributed by atoms with E-state index in [1.807, 2.05) is 36.5 Å². The molecule has 4 heteroatoms. The summed E-state index contributed by atoms with van der Waals surface area (Å²) in [6, 6.07) is 13.5. The molecular weight excluding hydrogens is 260 g/mol. The van der Waals surface area contributed by atoms with E-state index in [-0.39, 0.29) is 0 Å². The molecule has 0 saturated carbocycles. The summed E-state index contributed by atoms with van der Waals surface area (Å²) < 4.78 is 0. The van der Waals surface area contributed by atoms with Crippen molar-refractivity contribution in [2.75, 3.05) is 0 Å². The fourth-order valence-electron chi connectivity index (χ4n) is 2.29. The van der Waals surface area contributed by atoms with E-state index < -0.39 is 0 Å². The van der Waals surface area contributed by atoms with Crippen molar-refractivity contribution in [3.63, 3.8) is 0 Å². The first-order chi connectivity index (χ1) is 10.3. The summed E-state index contributed by atoms with van der Waals surface area (Å²) >= 11 is 0. The fourth-order valence-corrected chi connectivity index (χ4v) is 2.29. The third-order valence-corrected chi connectivity index (χ3v) is 3.33. The molecule has 0 saturated heterocycles. The van der Waals surface area contributed by atoms with Crippen LogP contribution in [-0.2, 0) is 6.42 Å². The van der Waals surface area contributed by atoms with E-state index in [0.29, 0.717) is 5.56 Å². The maximum absolute atomic E-state index is 9.00. The summed E-state index contributed by atoms with van der Waals surface area (Å²) in [5, 5.41) is 9.00. The Kier molecular flexibility index (Phi) is 3.48. The van der Waals surface area contributed by atoms with Crippen LogP contribution >= 0.6 is 0 Å². The maximum Gasteiger partial charge on any atom is 0.138 e. The molecule has 2 aromatic heterocycles. The quantitative estimate of drug-likeness (QED) is 0.794. The molecule has 0 unspecified atom stereocenters. The highest BCUT2D eigenvalue weighted by Crippen LogP contribution is 2.26. The molecule has 0 aliphatic heterocycles. The van der Waals surface area contributed by atoms with Gasteiger partial charge >= 0.3 is 0 Å². The average Bonchev–Trinajstić information content (AvgIpc) is 3.00. The highest BCUT2D eigenvalue weighted by Gasteiger charge is 2.12. The van der Waals surface area contributed by atoms with Crippen LogP contribution in [0.15, 0.2) is 48.8 Å². The molecule has 2 heterocycles. The van der Waals surface area contributed by atoms with E-state index in [1.54, 1.807) is 12.3 Å². The number of rotatable bonds is 3. The van der Waals surface area contributed by atoms with E-state index in [2.05, 4.69) is 27.9 Å². The van der Waals surface area contributed by atoms with Crippen LogP contribution in [0.2, 0.25) is 0 Å². The van der Waals surface area contributed by atoms with Crippen molar-refractivity contribution in [1.82, 2.24) is 15.0 Å². The topological polar surface area (TPSA) is 65.4 Å². The Morgan fingerprint density at radius 2 is 2.05 bits per heavy atom. The van der Waals surface area contributed by atoms with Crippen LogP contribution in [0, 0.1) is 11.3 Å². The second-order valence-electron chi connectivity index (χ2n) is 4.69. The van der Waals surface area contributed by atoms with Crippen molar-refractivity contribution in [3.05, 3.63) is 60.0 Å². The molecule has 4 nitrogen and oxygen atoms in total. The van der Waals surface area contributed by atoms with E-state index in [0.717, 1.165) is 34.8 Å². The number of pyridine rings is 1. The zero-order chi connectivity index (χ0) is 14.7. The second kappa shape index (κ2) is 5.59. The number of nitrogens with zero attached hydrogens (tertiary/aromatic N) is 3. The van der Waals surface area contributed by atoms with E-state index in [1.165, 1.54) is 0 Å². The molecule has 3 aromatic rings. The third-order valence-electron chi connectivity index (χ3n) is 3.33. The number of aromatic nitrogens is 3. The monoisotopic (exact) mass is 274 g/mol. The molecule has 102 valence electrons. The first-order valence-electron chi connectivity index (χ1n) is 6.81. The van der Waals surface area contributed by atoms with Crippen LogP contribution in [0.5, 0.6) is 0 Å². The normalized spacial score (nSPS) is 10.3. The van der Waals surface area contributed by atoms with E-state index in [9.17, 15) is 0 Å². The summed E-state index contributed by atoms with van der Waals surface area (Å²) in [5.41, 5.74) is 4.55. The number of nitrogens with one attached hydrogen (secondary N) is 1. The minimum Gasteiger partial charge on any atom is -0.338 e. The molecule has 1 aromatic carbocycles. The van der Waals surface area contributed by atoms with Crippen molar-refractivity contribution >= 4 is 0 Å². The van der Waals surface area contributed by atoms with Gasteiger partial charge in [-0.3, -0.25) is 4.98 Å². The summed E-state index contributed by atoms with van der Waals surface area (Å²) in [7, 11) is 0. The van der Waals surface area contributed by atoms with Crippen LogP contribution < -0.4 is 0 Å². The molecule has 0 aliphatic carbocycles. The first kappa shape index (κ1) is 13.1. The Morgan fingerprint density at radius 3 is 2.76 bits per heavy atom. The second-order valence-corrected chi connectivity index (χ2v) is 4.69. The molecule has 21 heavy (non-hydrogen) atoms. The number of H-pyrrole nitrogens is 1. The lowest BCUT2D eigenvalue weighted by molar-refractivity contribution is 1.07. The van der Waals surface area contributed by atoms with Gasteiger partial charge in [-0.25, -0.2) is 4.98 Å². The summed E-state index contributed by atoms with van der Waals surface area (Å²) in [6.45, 7) is 2.07. The Bertz CT molecular complexity index is 797. The number of aromatic amines is 1. The van der Waals surface area contributed by atoms with Crippen molar-refractivity contribution in [2.24, 2.45) is 0 Å². The largest absolute Gasteiger partial charge is 0.338 e.